The van der Waals surface area contributed by atoms with Crippen molar-refractivity contribution in [2.75, 3.05) is 13.1 Å². The number of carbonyl (C=O) groups is 1. The summed E-state index contributed by atoms with van der Waals surface area (Å²) in [6.45, 7) is 4.27. The fraction of sp³-hybridized carbons (Fsp3) is 0.938. The number of carbonyl (C=O) groups excluding carboxylic acids is 1. The predicted octanol–water partition coefficient (Wildman–Crippen LogP) is 0.952. The van der Waals surface area contributed by atoms with Gasteiger partial charge in [-0.1, -0.05) is 6.92 Å². The van der Waals surface area contributed by atoms with Crippen LogP contribution in [-0.2, 0) is 4.79 Å². The molecule has 2 aliphatic carbocycles. The predicted molar refractivity (Wildman–Crippen MR) is 74.1 cm³/mol. The van der Waals surface area contributed by atoms with Gasteiger partial charge in [0.2, 0.25) is 0 Å². The Morgan fingerprint density at radius 3 is 2.65 bits per heavy atom. The zero-order valence-corrected chi connectivity index (χ0v) is 12.2. The summed E-state index contributed by atoms with van der Waals surface area (Å²) in [6, 6.07) is 0. The van der Waals surface area contributed by atoms with E-state index >= 15 is 0 Å². The van der Waals surface area contributed by atoms with Gasteiger partial charge in [-0.25, -0.2) is 0 Å². The van der Waals surface area contributed by atoms with E-state index in [4.69, 9.17) is 0 Å². The molecular formula is C16H25NO3. The highest BCUT2D eigenvalue weighted by Gasteiger charge is 2.70. The minimum atomic E-state index is -1.18. The third-order valence-corrected chi connectivity index (χ3v) is 6.68. The Morgan fingerprint density at radius 2 is 1.90 bits per heavy atom. The number of Topliss-reactive ketones (excluding diaryl/α,β-unsaturated/α-hetero) is 1. The fourth-order valence-electron chi connectivity index (χ4n) is 6.24. The second-order valence-corrected chi connectivity index (χ2v) is 7.68. The molecule has 4 aliphatic rings. The first-order valence-electron chi connectivity index (χ1n) is 8.19. The van der Waals surface area contributed by atoms with Crippen LogP contribution < -0.4 is 0 Å². The lowest BCUT2D eigenvalue weighted by Gasteiger charge is -2.68. The Morgan fingerprint density at radius 1 is 1.20 bits per heavy atom. The van der Waals surface area contributed by atoms with E-state index < -0.39 is 11.7 Å². The molecule has 2 saturated carbocycles. The summed E-state index contributed by atoms with van der Waals surface area (Å²) in [5.74, 6) is 0.319. The summed E-state index contributed by atoms with van der Waals surface area (Å²) < 4.78 is 0. The van der Waals surface area contributed by atoms with Gasteiger partial charge in [-0.3, -0.25) is 9.69 Å². The van der Waals surface area contributed by atoms with Crippen molar-refractivity contribution in [3.8, 4) is 0 Å². The summed E-state index contributed by atoms with van der Waals surface area (Å²) in [6.07, 6.45) is 4.41. The van der Waals surface area contributed by atoms with Crippen molar-refractivity contribution in [3.63, 3.8) is 0 Å². The van der Waals surface area contributed by atoms with Crippen LogP contribution in [0.15, 0.2) is 0 Å². The first-order valence-corrected chi connectivity index (χ1v) is 8.19. The Hall–Kier alpha value is -0.450. The maximum atomic E-state index is 12.7. The second-order valence-electron chi connectivity index (χ2n) is 7.68. The molecule has 112 valence electrons. The van der Waals surface area contributed by atoms with Crippen molar-refractivity contribution in [2.45, 2.75) is 62.7 Å². The lowest BCUT2D eigenvalue weighted by molar-refractivity contribution is -0.250. The van der Waals surface area contributed by atoms with E-state index in [0.717, 1.165) is 45.2 Å². The van der Waals surface area contributed by atoms with E-state index in [-0.39, 0.29) is 23.2 Å². The minimum Gasteiger partial charge on any atom is -0.386 e. The van der Waals surface area contributed by atoms with Crippen LogP contribution in [0.3, 0.4) is 0 Å². The Kier molecular flexibility index (Phi) is 2.68. The average molecular weight is 279 g/mol. The van der Waals surface area contributed by atoms with Gasteiger partial charge < -0.3 is 10.2 Å². The van der Waals surface area contributed by atoms with Gasteiger partial charge in [0.1, 0.15) is 11.7 Å². The molecule has 2 aliphatic heterocycles. The third-order valence-electron chi connectivity index (χ3n) is 6.68. The molecule has 2 N–H and O–H groups in total. The van der Waals surface area contributed by atoms with E-state index in [1.807, 2.05) is 0 Å². The van der Waals surface area contributed by atoms with Gasteiger partial charge >= 0.3 is 0 Å². The molecule has 4 fully saturated rings. The molecule has 0 aromatic heterocycles. The first kappa shape index (κ1) is 13.2. The Balaban J connectivity index is 1.90. The zero-order chi connectivity index (χ0) is 14.1. The number of aliphatic hydroxyl groups excluding tert-OH is 1. The first-order chi connectivity index (χ1) is 9.50. The highest BCUT2D eigenvalue weighted by Crippen LogP contribution is 2.60. The highest BCUT2D eigenvalue weighted by molar-refractivity contribution is 5.89. The molecule has 0 aromatic rings. The maximum Gasteiger partial charge on any atom is 0.169 e. The molecule has 0 unspecified atom stereocenters. The number of hydrogen-bond donors (Lipinski definition) is 2. The van der Waals surface area contributed by atoms with Crippen LogP contribution >= 0.6 is 0 Å². The van der Waals surface area contributed by atoms with E-state index in [2.05, 4.69) is 11.8 Å². The minimum absolute atomic E-state index is 0.0559. The Bertz CT molecular complexity index is 451. The Labute approximate surface area is 120 Å². The van der Waals surface area contributed by atoms with Crippen molar-refractivity contribution in [1.29, 1.82) is 0 Å². The number of aliphatic hydroxyl groups is 2. The number of hydrogen-bond acceptors (Lipinski definition) is 4. The van der Waals surface area contributed by atoms with Crippen molar-refractivity contribution in [2.24, 2.45) is 17.8 Å². The average Bonchev–Trinajstić information content (AvgIpc) is 2.42. The third kappa shape index (κ3) is 1.36. The number of piperidine rings is 2. The normalized spacial score (nSPS) is 55.5. The molecular weight excluding hydrogens is 254 g/mol. The number of ketones is 1. The smallest absolute Gasteiger partial charge is 0.169 e. The van der Waals surface area contributed by atoms with Crippen molar-refractivity contribution in [1.82, 2.24) is 4.90 Å². The van der Waals surface area contributed by atoms with Gasteiger partial charge in [0.05, 0.1) is 0 Å². The van der Waals surface area contributed by atoms with Crippen LogP contribution in [0.2, 0.25) is 0 Å². The van der Waals surface area contributed by atoms with Crippen molar-refractivity contribution >= 4 is 5.78 Å². The standard InChI is InChI=1S/C16H25NO3/c1-10-8-15-11-4-2-6-17(15)7-3-5-12(15)16(20,9-10)14(19)13(11)18/h10-12,14,19-20H,2-9H2,1H3/t10-,11+,12-,14+,15-,16-/m0/s1. The zero-order valence-electron chi connectivity index (χ0n) is 12.2. The molecule has 2 saturated heterocycles. The summed E-state index contributed by atoms with van der Waals surface area (Å²) in [4.78, 5) is 15.2. The van der Waals surface area contributed by atoms with Crippen molar-refractivity contribution in [3.05, 3.63) is 0 Å². The number of rotatable bonds is 0. The SMILES string of the molecule is C[C@@H]1C[C@@]2(O)[C@H](O)C(=O)[C@H]3CCCN4CCC[C@H]2[C@]34C1. The second kappa shape index (κ2) is 4.05. The summed E-state index contributed by atoms with van der Waals surface area (Å²) in [7, 11) is 0. The van der Waals surface area contributed by atoms with E-state index in [0.29, 0.717) is 12.3 Å². The molecule has 4 rings (SSSR count). The van der Waals surface area contributed by atoms with Crippen LogP contribution in [0, 0.1) is 17.8 Å². The van der Waals surface area contributed by atoms with Gasteiger partial charge in [0.25, 0.3) is 0 Å². The van der Waals surface area contributed by atoms with E-state index in [9.17, 15) is 15.0 Å². The molecule has 0 aromatic carbocycles. The number of nitrogens with zero attached hydrogens (tertiary/aromatic N) is 1. The van der Waals surface area contributed by atoms with E-state index in [1.165, 1.54) is 0 Å². The summed E-state index contributed by atoms with van der Waals surface area (Å²) in [5.41, 5.74) is -1.33. The maximum absolute atomic E-state index is 12.7. The van der Waals surface area contributed by atoms with Gasteiger partial charge in [0, 0.05) is 17.4 Å². The lowest BCUT2D eigenvalue weighted by Crippen LogP contribution is -2.79. The van der Waals surface area contributed by atoms with Crippen molar-refractivity contribution < 1.29 is 15.0 Å². The van der Waals surface area contributed by atoms with Gasteiger partial charge in [-0.05, 0) is 57.5 Å². The van der Waals surface area contributed by atoms with Crippen LogP contribution in [0.25, 0.3) is 0 Å². The largest absolute Gasteiger partial charge is 0.386 e. The summed E-state index contributed by atoms with van der Waals surface area (Å²) in [5, 5.41) is 21.7. The molecule has 2 heterocycles. The molecule has 4 heteroatoms. The monoisotopic (exact) mass is 279 g/mol. The van der Waals surface area contributed by atoms with Gasteiger partial charge in [0.15, 0.2) is 5.78 Å². The quantitative estimate of drug-likeness (QED) is 0.693. The molecule has 0 amide bonds. The molecule has 6 atom stereocenters. The molecule has 20 heavy (non-hydrogen) atoms. The van der Waals surface area contributed by atoms with E-state index in [1.54, 1.807) is 0 Å². The molecule has 0 radical (unpaired) electrons. The van der Waals surface area contributed by atoms with Crippen LogP contribution in [0.1, 0.15) is 45.4 Å². The highest BCUT2D eigenvalue weighted by atomic mass is 16.3. The lowest BCUT2D eigenvalue weighted by atomic mass is 9.46. The van der Waals surface area contributed by atoms with Crippen LogP contribution in [-0.4, -0.2) is 51.2 Å². The van der Waals surface area contributed by atoms with Crippen LogP contribution in [0.4, 0.5) is 0 Å². The molecule has 2 bridgehead atoms. The van der Waals surface area contributed by atoms with Gasteiger partial charge in [-0.2, -0.15) is 0 Å². The molecule has 4 nitrogen and oxygen atoms in total. The fourth-order valence-corrected chi connectivity index (χ4v) is 6.24. The summed E-state index contributed by atoms with van der Waals surface area (Å²) >= 11 is 0. The van der Waals surface area contributed by atoms with Crippen LogP contribution in [0.5, 0.6) is 0 Å². The van der Waals surface area contributed by atoms with Gasteiger partial charge in [-0.15, -0.1) is 0 Å². The molecule has 1 spiro atoms. The topological polar surface area (TPSA) is 60.8 Å².